The lowest BCUT2D eigenvalue weighted by atomic mass is 9.98. The monoisotopic (exact) mass is 259 g/mol. The average Bonchev–Trinajstić information content (AvgIpc) is 2.53. The topological polar surface area (TPSA) is 50.8 Å². The van der Waals surface area contributed by atoms with Gasteiger partial charge in [0, 0.05) is 13.1 Å². The second-order valence-electron chi connectivity index (χ2n) is 4.86. The van der Waals surface area contributed by atoms with Gasteiger partial charge in [0.2, 0.25) is 0 Å². The normalized spacial score (nSPS) is 13.2. The molecular formula is C17H13N3. The fraction of sp³-hybridized carbons (Fsp3) is 0.176. The summed E-state index contributed by atoms with van der Waals surface area (Å²) in [4.78, 5) is 2.18. The Bertz CT molecular complexity index is 735. The fourth-order valence-corrected chi connectivity index (χ4v) is 2.72. The highest BCUT2D eigenvalue weighted by Crippen LogP contribution is 2.28. The van der Waals surface area contributed by atoms with E-state index in [4.69, 9.17) is 5.26 Å². The molecule has 0 saturated heterocycles. The van der Waals surface area contributed by atoms with Gasteiger partial charge in [0.05, 0.1) is 16.8 Å². The van der Waals surface area contributed by atoms with Gasteiger partial charge in [0.25, 0.3) is 0 Å². The lowest BCUT2D eigenvalue weighted by Crippen LogP contribution is -2.31. The minimum atomic E-state index is 0.448. The van der Waals surface area contributed by atoms with Crippen LogP contribution in [0, 0.1) is 22.7 Å². The first-order valence-electron chi connectivity index (χ1n) is 6.58. The quantitative estimate of drug-likeness (QED) is 0.791. The highest BCUT2D eigenvalue weighted by Gasteiger charge is 2.19. The van der Waals surface area contributed by atoms with E-state index in [1.807, 2.05) is 18.2 Å². The number of fused-ring (bicyclic) bond motifs is 1. The van der Waals surface area contributed by atoms with Crippen molar-refractivity contribution >= 4 is 5.69 Å². The Balaban J connectivity index is 2.01. The van der Waals surface area contributed by atoms with E-state index in [0.29, 0.717) is 11.1 Å². The Morgan fingerprint density at radius 3 is 2.45 bits per heavy atom. The third kappa shape index (κ3) is 2.00. The van der Waals surface area contributed by atoms with E-state index >= 15 is 0 Å². The fourth-order valence-electron chi connectivity index (χ4n) is 2.72. The molecule has 3 rings (SSSR count). The first kappa shape index (κ1) is 12.3. The van der Waals surface area contributed by atoms with E-state index in [2.05, 4.69) is 35.2 Å². The van der Waals surface area contributed by atoms with E-state index in [1.54, 1.807) is 6.07 Å². The summed E-state index contributed by atoms with van der Waals surface area (Å²) < 4.78 is 0. The van der Waals surface area contributed by atoms with E-state index in [-0.39, 0.29) is 0 Å². The Morgan fingerprint density at radius 1 is 0.900 bits per heavy atom. The van der Waals surface area contributed by atoms with Crippen molar-refractivity contribution in [1.29, 1.82) is 10.5 Å². The summed E-state index contributed by atoms with van der Waals surface area (Å²) in [5.74, 6) is 0. The first-order chi connectivity index (χ1) is 9.83. The van der Waals surface area contributed by atoms with Crippen LogP contribution in [0.2, 0.25) is 0 Å². The molecule has 0 atom stereocenters. The summed E-state index contributed by atoms with van der Waals surface area (Å²) in [6.07, 6.45) is 0.970. The molecular weight excluding hydrogens is 246 g/mol. The molecule has 96 valence electrons. The maximum atomic E-state index is 9.33. The maximum absolute atomic E-state index is 9.33. The van der Waals surface area contributed by atoms with E-state index < -0.39 is 0 Å². The molecule has 2 aromatic rings. The highest BCUT2D eigenvalue weighted by atomic mass is 15.1. The Labute approximate surface area is 118 Å². The number of nitriles is 2. The standard InChI is InChI=1S/C17H13N3/c18-10-14-6-3-7-17(16(14)11-19)20-9-8-13-4-1-2-5-15(13)12-20/h1-7H,8-9,12H2. The second kappa shape index (κ2) is 5.07. The van der Waals surface area contributed by atoms with Crippen LogP contribution < -0.4 is 4.90 Å². The average molecular weight is 259 g/mol. The third-order valence-electron chi connectivity index (χ3n) is 3.75. The van der Waals surface area contributed by atoms with Gasteiger partial charge in [-0.05, 0) is 29.7 Å². The van der Waals surface area contributed by atoms with Gasteiger partial charge in [-0.2, -0.15) is 10.5 Å². The van der Waals surface area contributed by atoms with E-state index in [1.165, 1.54) is 11.1 Å². The zero-order valence-corrected chi connectivity index (χ0v) is 11.0. The number of nitrogens with zero attached hydrogens (tertiary/aromatic N) is 3. The number of hydrogen-bond acceptors (Lipinski definition) is 3. The van der Waals surface area contributed by atoms with Crippen molar-refractivity contribution in [1.82, 2.24) is 0 Å². The van der Waals surface area contributed by atoms with E-state index in [9.17, 15) is 5.26 Å². The van der Waals surface area contributed by atoms with Crippen LogP contribution in [0.5, 0.6) is 0 Å². The summed E-state index contributed by atoms with van der Waals surface area (Å²) in [5.41, 5.74) is 4.46. The molecule has 0 aliphatic carbocycles. The van der Waals surface area contributed by atoms with Gasteiger partial charge in [0.1, 0.15) is 12.1 Å². The molecule has 0 bridgehead atoms. The molecule has 1 aliphatic heterocycles. The molecule has 0 amide bonds. The first-order valence-corrected chi connectivity index (χ1v) is 6.58. The van der Waals surface area contributed by atoms with Crippen LogP contribution in [0.25, 0.3) is 0 Å². The molecule has 20 heavy (non-hydrogen) atoms. The van der Waals surface area contributed by atoms with Gasteiger partial charge >= 0.3 is 0 Å². The van der Waals surface area contributed by atoms with E-state index in [0.717, 1.165) is 25.2 Å². The summed E-state index contributed by atoms with van der Waals surface area (Å²) in [6, 6.07) is 18.1. The van der Waals surface area contributed by atoms with Crippen molar-refractivity contribution < 1.29 is 0 Å². The van der Waals surface area contributed by atoms with Crippen LogP contribution in [-0.4, -0.2) is 6.54 Å². The lowest BCUT2D eigenvalue weighted by molar-refractivity contribution is 0.731. The Kier molecular flexibility index (Phi) is 3.11. The summed E-state index contributed by atoms with van der Waals surface area (Å²) >= 11 is 0. The number of rotatable bonds is 1. The molecule has 0 N–H and O–H groups in total. The number of benzene rings is 2. The summed E-state index contributed by atoms with van der Waals surface area (Å²) in [6.45, 7) is 1.67. The van der Waals surface area contributed by atoms with Crippen molar-refractivity contribution in [2.24, 2.45) is 0 Å². The number of hydrogen-bond donors (Lipinski definition) is 0. The molecule has 1 heterocycles. The predicted molar refractivity (Wildman–Crippen MR) is 77.1 cm³/mol. The van der Waals surface area contributed by atoms with Gasteiger partial charge in [-0.3, -0.25) is 0 Å². The molecule has 2 aromatic carbocycles. The predicted octanol–water partition coefficient (Wildman–Crippen LogP) is 2.99. The van der Waals surface area contributed by atoms with Crippen molar-refractivity contribution in [3.05, 3.63) is 64.7 Å². The molecule has 3 heteroatoms. The molecule has 0 spiro atoms. The molecule has 1 aliphatic rings. The Hall–Kier alpha value is -2.78. The molecule has 0 radical (unpaired) electrons. The molecule has 0 saturated carbocycles. The van der Waals surface area contributed by atoms with Crippen LogP contribution in [0.4, 0.5) is 5.69 Å². The van der Waals surface area contributed by atoms with Crippen LogP contribution in [0.1, 0.15) is 22.3 Å². The number of anilines is 1. The van der Waals surface area contributed by atoms with Gasteiger partial charge < -0.3 is 4.90 Å². The minimum Gasteiger partial charge on any atom is -0.366 e. The van der Waals surface area contributed by atoms with Gasteiger partial charge in [0.15, 0.2) is 0 Å². The summed E-state index contributed by atoms with van der Waals surface area (Å²) in [5, 5.41) is 18.4. The second-order valence-corrected chi connectivity index (χ2v) is 4.86. The van der Waals surface area contributed by atoms with Gasteiger partial charge in [-0.15, -0.1) is 0 Å². The van der Waals surface area contributed by atoms with Crippen molar-refractivity contribution in [2.45, 2.75) is 13.0 Å². The Morgan fingerprint density at radius 2 is 1.70 bits per heavy atom. The minimum absolute atomic E-state index is 0.448. The van der Waals surface area contributed by atoms with Crippen LogP contribution >= 0.6 is 0 Å². The maximum Gasteiger partial charge on any atom is 0.103 e. The molecule has 0 unspecified atom stereocenters. The van der Waals surface area contributed by atoms with Crippen molar-refractivity contribution in [3.63, 3.8) is 0 Å². The van der Waals surface area contributed by atoms with Crippen molar-refractivity contribution in [2.75, 3.05) is 11.4 Å². The molecule has 3 nitrogen and oxygen atoms in total. The molecule has 0 aromatic heterocycles. The zero-order valence-electron chi connectivity index (χ0n) is 11.0. The SMILES string of the molecule is N#Cc1cccc(N2CCc3ccccc3C2)c1C#N. The highest BCUT2D eigenvalue weighted by molar-refractivity contribution is 5.66. The largest absolute Gasteiger partial charge is 0.366 e. The van der Waals surface area contributed by atoms with Gasteiger partial charge in [-0.25, -0.2) is 0 Å². The third-order valence-corrected chi connectivity index (χ3v) is 3.75. The van der Waals surface area contributed by atoms with Gasteiger partial charge in [-0.1, -0.05) is 30.3 Å². The smallest absolute Gasteiger partial charge is 0.103 e. The van der Waals surface area contributed by atoms with Crippen molar-refractivity contribution in [3.8, 4) is 12.1 Å². The van der Waals surface area contributed by atoms with Crippen LogP contribution in [-0.2, 0) is 13.0 Å². The zero-order chi connectivity index (χ0) is 13.9. The van der Waals surface area contributed by atoms with Crippen LogP contribution in [0.15, 0.2) is 42.5 Å². The van der Waals surface area contributed by atoms with Crippen LogP contribution in [0.3, 0.4) is 0 Å². The summed E-state index contributed by atoms with van der Waals surface area (Å²) in [7, 11) is 0. The molecule has 0 fully saturated rings. The lowest BCUT2D eigenvalue weighted by Gasteiger charge is -2.31.